The van der Waals surface area contributed by atoms with Gasteiger partial charge in [0.05, 0.1) is 32.0 Å². The molecule has 1 N–H and O–H groups in total. The Hall–Kier alpha value is -3.89. The van der Waals surface area contributed by atoms with Gasteiger partial charge in [0, 0.05) is 5.56 Å². The summed E-state index contributed by atoms with van der Waals surface area (Å²) in [6, 6.07) is 36.3. The maximum atomic E-state index is 11.8. The fraction of sp³-hybridized carbons (Fsp3) is 0.286. The van der Waals surface area contributed by atoms with Gasteiger partial charge in [0.2, 0.25) is 0 Å². The first-order chi connectivity index (χ1) is 21.2. The van der Waals surface area contributed by atoms with Gasteiger partial charge in [-0.1, -0.05) is 109 Å². The number of ether oxygens (including phenoxy) is 6. The van der Waals surface area contributed by atoms with Gasteiger partial charge in [-0.25, -0.2) is 4.79 Å². The summed E-state index contributed by atoms with van der Waals surface area (Å²) < 4.78 is 38.5. The average molecular weight is 583 g/mol. The Morgan fingerprint density at radius 2 is 1.26 bits per heavy atom. The van der Waals surface area contributed by atoms with Crippen molar-refractivity contribution >= 4 is 5.97 Å². The predicted molar refractivity (Wildman–Crippen MR) is 157 cm³/mol. The van der Waals surface area contributed by atoms with E-state index in [1.54, 1.807) is 24.3 Å². The lowest BCUT2D eigenvalue weighted by molar-refractivity contribution is -0.374. The molecule has 0 unspecified atom stereocenters. The summed E-state index contributed by atoms with van der Waals surface area (Å²) in [6.07, 6.45) is -3.78. The molecule has 2 aliphatic heterocycles. The topological polar surface area (TPSA) is 92.7 Å². The molecule has 8 nitrogen and oxygen atoms in total. The molecule has 0 saturated carbocycles. The zero-order valence-corrected chi connectivity index (χ0v) is 23.6. The first kappa shape index (κ1) is 29.2. The lowest BCUT2D eigenvalue weighted by Gasteiger charge is -2.49. The molecular weight excluding hydrogens is 548 g/mol. The van der Waals surface area contributed by atoms with E-state index in [2.05, 4.69) is 0 Å². The number of benzene rings is 4. The second-order valence-corrected chi connectivity index (χ2v) is 10.5. The van der Waals surface area contributed by atoms with Crippen molar-refractivity contribution in [3.8, 4) is 0 Å². The van der Waals surface area contributed by atoms with E-state index in [4.69, 9.17) is 28.4 Å². The molecule has 6 atom stereocenters. The molecule has 0 amide bonds. The number of fused-ring (bicyclic) bond motifs is 1. The third-order valence-electron chi connectivity index (χ3n) is 7.58. The van der Waals surface area contributed by atoms with Crippen LogP contribution in [0.2, 0.25) is 0 Å². The van der Waals surface area contributed by atoms with Crippen molar-refractivity contribution in [1.82, 2.24) is 0 Å². The van der Waals surface area contributed by atoms with E-state index in [1.165, 1.54) is 0 Å². The molecule has 2 saturated heterocycles. The lowest BCUT2D eigenvalue weighted by Crippen LogP contribution is -2.63. The van der Waals surface area contributed by atoms with Crippen LogP contribution in [0, 0.1) is 0 Å². The standard InChI is InChI=1S/C35H34O8/c36-33(37)28-19-11-10-18-27(28)22-40-35-32(39-21-25-14-6-2-7-15-25)31(38-20-24-12-4-1-5-13-24)30-29(42-35)23-41-34(43-30)26-16-8-3-9-17-26/h1-19,29-32,34-35H,20-23H2,(H,36,37)/t29-,30-,31+,32+,34-,35-/m1/s1. The van der Waals surface area contributed by atoms with Gasteiger partial charge >= 0.3 is 5.97 Å². The van der Waals surface area contributed by atoms with Gasteiger partial charge in [-0.05, 0) is 22.8 Å². The molecule has 222 valence electrons. The first-order valence-corrected chi connectivity index (χ1v) is 14.4. The third kappa shape index (κ3) is 7.19. The summed E-state index contributed by atoms with van der Waals surface area (Å²) in [5.41, 5.74) is 3.59. The first-order valence-electron chi connectivity index (χ1n) is 14.4. The highest BCUT2D eigenvalue weighted by Gasteiger charge is 2.52. The minimum Gasteiger partial charge on any atom is -0.478 e. The molecule has 2 aliphatic rings. The number of carboxylic acids is 1. The number of hydrogen-bond acceptors (Lipinski definition) is 7. The molecular formula is C35H34O8. The van der Waals surface area contributed by atoms with Crippen LogP contribution in [0.1, 0.15) is 38.9 Å². The van der Waals surface area contributed by atoms with Crippen LogP contribution in [-0.4, -0.2) is 48.4 Å². The van der Waals surface area contributed by atoms with E-state index < -0.39 is 43.0 Å². The fourth-order valence-electron chi connectivity index (χ4n) is 5.39. The van der Waals surface area contributed by atoms with Gasteiger partial charge in [0.15, 0.2) is 12.6 Å². The Morgan fingerprint density at radius 1 is 0.674 bits per heavy atom. The van der Waals surface area contributed by atoms with Crippen molar-refractivity contribution in [1.29, 1.82) is 0 Å². The van der Waals surface area contributed by atoms with Crippen molar-refractivity contribution in [3.63, 3.8) is 0 Å². The average Bonchev–Trinajstić information content (AvgIpc) is 3.06. The SMILES string of the molecule is O=C(O)c1ccccc1CO[C@@H]1O[C@@H]2CO[C@@H](c3ccccc3)O[C@H]2[C@H](OCc2ccccc2)[C@@H]1OCc1ccccc1. The van der Waals surface area contributed by atoms with Crippen LogP contribution in [0.4, 0.5) is 0 Å². The van der Waals surface area contributed by atoms with Crippen LogP contribution in [0.25, 0.3) is 0 Å². The van der Waals surface area contributed by atoms with Crippen LogP contribution < -0.4 is 0 Å². The van der Waals surface area contributed by atoms with Crippen LogP contribution >= 0.6 is 0 Å². The quantitative estimate of drug-likeness (QED) is 0.233. The summed E-state index contributed by atoms with van der Waals surface area (Å²) in [5, 5.41) is 9.69. The van der Waals surface area contributed by atoms with Crippen molar-refractivity contribution in [2.75, 3.05) is 6.61 Å². The highest BCUT2D eigenvalue weighted by molar-refractivity contribution is 5.89. The lowest BCUT2D eigenvalue weighted by atomic mass is 9.97. The minimum atomic E-state index is -1.02. The third-order valence-corrected chi connectivity index (χ3v) is 7.58. The summed E-state index contributed by atoms with van der Waals surface area (Å²) in [6.45, 7) is 0.887. The Kier molecular flexibility index (Phi) is 9.54. The maximum Gasteiger partial charge on any atom is 0.336 e. The van der Waals surface area contributed by atoms with Crippen molar-refractivity contribution in [3.05, 3.63) is 143 Å². The molecule has 0 aromatic heterocycles. The summed E-state index contributed by atoms with van der Waals surface area (Å²) in [5.74, 6) is -1.02. The molecule has 6 rings (SSSR count). The molecule has 0 spiro atoms. The van der Waals surface area contributed by atoms with E-state index in [-0.39, 0.29) is 18.8 Å². The smallest absolute Gasteiger partial charge is 0.336 e. The number of carboxylic acid groups (broad SMARTS) is 1. The maximum absolute atomic E-state index is 11.8. The second kappa shape index (κ2) is 14.1. The van der Waals surface area contributed by atoms with E-state index in [0.29, 0.717) is 18.8 Å². The number of hydrogen-bond donors (Lipinski definition) is 1. The van der Waals surface area contributed by atoms with Crippen molar-refractivity contribution in [2.24, 2.45) is 0 Å². The van der Waals surface area contributed by atoms with E-state index >= 15 is 0 Å². The normalized spacial score (nSPS) is 25.1. The molecule has 4 aromatic carbocycles. The molecule has 2 fully saturated rings. The van der Waals surface area contributed by atoms with Crippen LogP contribution in [-0.2, 0) is 48.2 Å². The van der Waals surface area contributed by atoms with Gasteiger partial charge in [-0.2, -0.15) is 0 Å². The van der Waals surface area contributed by atoms with Gasteiger partial charge in [0.1, 0.15) is 24.4 Å². The van der Waals surface area contributed by atoms with Gasteiger partial charge in [0.25, 0.3) is 0 Å². The van der Waals surface area contributed by atoms with E-state index in [9.17, 15) is 9.90 Å². The number of rotatable bonds is 11. The van der Waals surface area contributed by atoms with E-state index in [0.717, 1.165) is 16.7 Å². The molecule has 8 heteroatoms. The molecule has 0 bridgehead atoms. The van der Waals surface area contributed by atoms with Crippen molar-refractivity contribution in [2.45, 2.75) is 56.8 Å². The van der Waals surface area contributed by atoms with E-state index in [1.807, 2.05) is 91.0 Å². The Morgan fingerprint density at radius 3 is 1.91 bits per heavy atom. The second-order valence-electron chi connectivity index (χ2n) is 10.5. The monoisotopic (exact) mass is 582 g/mol. The summed E-state index contributed by atoms with van der Waals surface area (Å²) in [4.78, 5) is 11.8. The Labute approximate surface area is 250 Å². The van der Waals surface area contributed by atoms with Gasteiger partial charge < -0.3 is 33.5 Å². The molecule has 43 heavy (non-hydrogen) atoms. The van der Waals surface area contributed by atoms with Crippen LogP contribution in [0.5, 0.6) is 0 Å². The molecule has 0 aliphatic carbocycles. The van der Waals surface area contributed by atoms with Crippen molar-refractivity contribution < 1.29 is 38.3 Å². The van der Waals surface area contributed by atoms with Gasteiger partial charge in [-0.3, -0.25) is 0 Å². The van der Waals surface area contributed by atoms with Crippen LogP contribution in [0.15, 0.2) is 115 Å². The zero-order chi connectivity index (χ0) is 29.4. The predicted octanol–water partition coefficient (Wildman–Crippen LogP) is 5.91. The summed E-state index contributed by atoms with van der Waals surface area (Å²) in [7, 11) is 0. The van der Waals surface area contributed by atoms with Gasteiger partial charge in [-0.15, -0.1) is 0 Å². The fourth-order valence-corrected chi connectivity index (χ4v) is 5.39. The Balaban J connectivity index is 1.29. The largest absolute Gasteiger partial charge is 0.478 e. The minimum absolute atomic E-state index is 0.00941. The molecule has 2 heterocycles. The number of aromatic carboxylic acids is 1. The number of carbonyl (C=O) groups is 1. The van der Waals surface area contributed by atoms with Crippen LogP contribution in [0.3, 0.4) is 0 Å². The zero-order valence-electron chi connectivity index (χ0n) is 23.6. The highest BCUT2D eigenvalue weighted by Crippen LogP contribution is 2.37. The Bertz CT molecular complexity index is 1450. The molecule has 4 aromatic rings. The molecule has 0 radical (unpaired) electrons. The highest BCUT2D eigenvalue weighted by atomic mass is 16.8. The summed E-state index contributed by atoms with van der Waals surface area (Å²) >= 11 is 0.